The first kappa shape index (κ1) is 13.1. The maximum Gasteiger partial charge on any atom is 0.0842 e. The van der Waals surface area contributed by atoms with Crippen molar-refractivity contribution in [1.29, 1.82) is 0 Å². The molecule has 0 fully saturated rings. The number of hydrogen-bond donors (Lipinski definition) is 1. The molecule has 0 saturated heterocycles. The average Bonchev–Trinajstić information content (AvgIpc) is 2.30. The highest BCUT2D eigenvalue weighted by Gasteiger charge is 2.18. The van der Waals surface area contributed by atoms with Crippen LogP contribution >= 0.6 is 0 Å². The van der Waals surface area contributed by atoms with Gasteiger partial charge in [-0.3, -0.25) is 4.98 Å². The predicted octanol–water partition coefficient (Wildman–Crippen LogP) is 2.19. The van der Waals surface area contributed by atoms with Crippen molar-refractivity contribution in [3.05, 3.63) is 30.1 Å². The van der Waals surface area contributed by atoms with Crippen molar-refractivity contribution in [1.82, 2.24) is 4.98 Å². The van der Waals surface area contributed by atoms with E-state index in [1.807, 2.05) is 19.1 Å². The highest BCUT2D eigenvalue weighted by atomic mass is 16.5. The van der Waals surface area contributed by atoms with Crippen molar-refractivity contribution in [3.63, 3.8) is 0 Å². The smallest absolute Gasteiger partial charge is 0.0842 e. The zero-order valence-corrected chi connectivity index (χ0v) is 10.1. The highest BCUT2D eigenvalue weighted by molar-refractivity contribution is 5.11. The second-order valence-electron chi connectivity index (χ2n) is 3.91. The maximum absolute atomic E-state index is 10.1. The number of aliphatic hydroxyl groups excluding tert-OH is 1. The van der Waals surface area contributed by atoms with E-state index < -0.39 is 6.10 Å². The quantitative estimate of drug-likeness (QED) is 0.770. The Morgan fingerprint density at radius 1 is 1.31 bits per heavy atom. The van der Waals surface area contributed by atoms with Crippen LogP contribution < -0.4 is 0 Å². The van der Waals surface area contributed by atoms with E-state index in [9.17, 15) is 5.11 Å². The second-order valence-corrected chi connectivity index (χ2v) is 3.91. The number of aromatic nitrogens is 1. The predicted molar refractivity (Wildman–Crippen MR) is 64.3 cm³/mol. The van der Waals surface area contributed by atoms with Gasteiger partial charge >= 0.3 is 0 Å². The zero-order chi connectivity index (χ0) is 11.8. The molecule has 0 bridgehead atoms. The van der Waals surface area contributed by atoms with Gasteiger partial charge in [-0.15, -0.1) is 0 Å². The van der Waals surface area contributed by atoms with Crippen LogP contribution in [0.1, 0.15) is 32.3 Å². The molecule has 0 aliphatic rings. The standard InChI is InChI=1S/C13H21NO2/c1-3-5-13(16-4-2)12(15)10-11-6-8-14-9-7-11/h6-9,12-13,15H,3-5,10H2,1-2H3. The van der Waals surface area contributed by atoms with Crippen molar-refractivity contribution >= 4 is 0 Å². The van der Waals surface area contributed by atoms with E-state index in [1.165, 1.54) is 0 Å². The Morgan fingerprint density at radius 2 is 2.00 bits per heavy atom. The first-order valence-electron chi connectivity index (χ1n) is 5.96. The molecule has 1 N–H and O–H groups in total. The van der Waals surface area contributed by atoms with Crippen LogP contribution in [0.4, 0.5) is 0 Å². The van der Waals surface area contributed by atoms with E-state index in [4.69, 9.17) is 4.74 Å². The topological polar surface area (TPSA) is 42.4 Å². The third-order valence-electron chi connectivity index (χ3n) is 2.58. The maximum atomic E-state index is 10.1. The number of ether oxygens (including phenoxy) is 1. The Balaban J connectivity index is 2.51. The molecule has 0 aromatic carbocycles. The van der Waals surface area contributed by atoms with E-state index in [1.54, 1.807) is 12.4 Å². The van der Waals surface area contributed by atoms with Crippen molar-refractivity contribution < 1.29 is 9.84 Å². The van der Waals surface area contributed by atoms with E-state index in [0.717, 1.165) is 18.4 Å². The molecule has 1 rings (SSSR count). The van der Waals surface area contributed by atoms with Gasteiger partial charge in [-0.25, -0.2) is 0 Å². The van der Waals surface area contributed by atoms with E-state index in [0.29, 0.717) is 13.0 Å². The number of hydrogen-bond acceptors (Lipinski definition) is 3. The summed E-state index contributed by atoms with van der Waals surface area (Å²) in [4.78, 5) is 3.96. The normalized spacial score (nSPS) is 14.7. The van der Waals surface area contributed by atoms with Gasteiger partial charge in [-0.2, -0.15) is 0 Å². The Labute approximate surface area is 97.5 Å². The number of aliphatic hydroxyl groups is 1. The van der Waals surface area contributed by atoms with Crippen molar-refractivity contribution in [2.45, 2.75) is 45.3 Å². The van der Waals surface area contributed by atoms with Gasteiger partial charge in [0.25, 0.3) is 0 Å². The SMILES string of the molecule is CCCC(OCC)C(O)Cc1ccncc1. The van der Waals surface area contributed by atoms with Crippen LogP contribution in [0, 0.1) is 0 Å². The summed E-state index contributed by atoms with van der Waals surface area (Å²) in [7, 11) is 0. The fourth-order valence-electron chi connectivity index (χ4n) is 1.78. The molecule has 1 heterocycles. The highest BCUT2D eigenvalue weighted by Crippen LogP contribution is 2.12. The molecular weight excluding hydrogens is 202 g/mol. The number of pyridine rings is 1. The Bertz CT molecular complexity index is 271. The molecule has 0 aliphatic heterocycles. The van der Waals surface area contributed by atoms with Crippen LogP contribution in [-0.4, -0.2) is 28.9 Å². The van der Waals surface area contributed by atoms with Gasteiger partial charge in [0.2, 0.25) is 0 Å². The summed E-state index contributed by atoms with van der Waals surface area (Å²) in [5, 5.41) is 10.1. The molecule has 0 radical (unpaired) electrons. The lowest BCUT2D eigenvalue weighted by atomic mass is 10.0. The summed E-state index contributed by atoms with van der Waals surface area (Å²) in [6, 6.07) is 3.86. The molecule has 3 heteroatoms. The molecule has 3 nitrogen and oxygen atoms in total. The zero-order valence-electron chi connectivity index (χ0n) is 10.1. The van der Waals surface area contributed by atoms with E-state index >= 15 is 0 Å². The molecule has 2 atom stereocenters. The van der Waals surface area contributed by atoms with Crippen molar-refractivity contribution in [2.24, 2.45) is 0 Å². The summed E-state index contributed by atoms with van der Waals surface area (Å²) in [6.07, 6.45) is 5.57. The minimum Gasteiger partial charge on any atom is -0.390 e. The lowest BCUT2D eigenvalue weighted by Crippen LogP contribution is -2.30. The summed E-state index contributed by atoms with van der Waals surface area (Å²) in [6.45, 7) is 4.71. The van der Waals surface area contributed by atoms with E-state index in [-0.39, 0.29) is 6.10 Å². The largest absolute Gasteiger partial charge is 0.390 e. The Hall–Kier alpha value is -0.930. The summed E-state index contributed by atoms with van der Waals surface area (Å²) >= 11 is 0. The number of nitrogens with zero attached hydrogens (tertiary/aromatic N) is 1. The van der Waals surface area contributed by atoms with Crippen LogP contribution in [0.2, 0.25) is 0 Å². The Morgan fingerprint density at radius 3 is 2.56 bits per heavy atom. The molecule has 16 heavy (non-hydrogen) atoms. The van der Waals surface area contributed by atoms with Crippen LogP contribution in [0.25, 0.3) is 0 Å². The van der Waals surface area contributed by atoms with Gasteiger partial charge < -0.3 is 9.84 Å². The third-order valence-corrected chi connectivity index (χ3v) is 2.58. The minimum absolute atomic E-state index is 0.0526. The van der Waals surface area contributed by atoms with Crippen LogP contribution in [0.3, 0.4) is 0 Å². The van der Waals surface area contributed by atoms with Gasteiger partial charge in [-0.1, -0.05) is 13.3 Å². The lowest BCUT2D eigenvalue weighted by Gasteiger charge is -2.22. The Kier molecular flexibility index (Phi) is 6.04. The fourth-order valence-corrected chi connectivity index (χ4v) is 1.78. The van der Waals surface area contributed by atoms with Crippen molar-refractivity contribution in [3.8, 4) is 0 Å². The van der Waals surface area contributed by atoms with Crippen LogP contribution in [0.5, 0.6) is 0 Å². The molecule has 0 amide bonds. The molecule has 0 spiro atoms. The van der Waals surface area contributed by atoms with Crippen LogP contribution in [-0.2, 0) is 11.2 Å². The summed E-state index contributed by atoms with van der Waals surface area (Å²) in [5.41, 5.74) is 1.10. The molecule has 1 aromatic rings. The fraction of sp³-hybridized carbons (Fsp3) is 0.615. The first-order valence-corrected chi connectivity index (χ1v) is 5.96. The third kappa shape index (κ3) is 4.29. The van der Waals surface area contributed by atoms with Crippen LogP contribution in [0.15, 0.2) is 24.5 Å². The molecular formula is C13H21NO2. The summed E-state index contributed by atoms with van der Waals surface area (Å²) < 4.78 is 5.55. The average molecular weight is 223 g/mol. The number of rotatable bonds is 7. The van der Waals surface area contributed by atoms with E-state index in [2.05, 4.69) is 11.9 Å². The lowest BCUT2D eigenvalue weighted by molar-refractivity contribution is -0.0363. The minimum atomic E-state index is -0.428. The first-order chi connectivity index (χ1) is 7.77. The molecule has 0 aliphatic carbocycles. The van der Waals surface area contributed by atoms with Gasteiger partial charge in [-0.05, 0) is 31.0 Å². The molecule has 0 saturated carbocycles. The second kappa shape index (κ2) is 7.36. The molecule has 90 valence electrons. The molecule has 2 unspecified atom stereocenters. The van der Waals surface area contributed by atoms with Gasteiger partial charge in [0, 0.05) is 25.4 Å². The van der Waals surface area contributed by atoms with Gasteiger partial charge in [0.15, 0.2) is 0 Å². The summed E-state index contributed by atoms with van der Waals surface area (Å²) in [5.74, 6) is 0. The molecule has 1 aromatic heterocycles. The van der Waals surface area contributed by atoms with Crippen molar-refractivity contribution in [2.75, 3.05) is 6.61 Å². The monoisotopic (exact) mass is 223 g/mol. The van der Waals surface area contributed by atoms with Gasteiger partial charge in [0.1, 0.15) is 0 Å². The van der Waals surface area contributed by atoms with Gasteiger partial charge in [0.05, 0.1) is 12.2 Å².